The van der Waals surface area contributed by atoms with Gasteiger partial charge in [-0.25, -0.2) is 14.4 Å². The van der Waals surface area contributed by atoms with E-state index < -0.39 is 76.5 Å². The molecule has 1 aromatic heterocycles. The summed E-state index contributed by atoms with van der Waals surface area (Å²) in [6, 6.07) is 7.54. The first kappa shape index (κ1) is 31.2. The number of amides is 2. The first-order valence-electron chi connectivity index (χ1n) is 11.2. The predicted octanol–water partition coefficient (Wildman–Crippen LogP) is 3.61. The van der Waals surface area contributed by atoms with Gasteiger partial charge < -0.3 is 19.0 Å². The SMILES string of the molecule is O=C(O[C@H](C(=O)O)[C@H](OC(=O)c1cccc(C(F)(F)F)c1)C(=O)NNC(=O)c1ccco1)c1cccc(C(F)(F)F)c1. The Morgan fingerprint density at radius 2 is 1.21 bits per heavy atom. The number of carbonyl (C=O) groups excluding carboxylic acids is 4. The summed E-state index contributed by atoms with van der Waals surface area (Å²) < 4.78 is 92.7. The second-order valence-electron chi connectivity index (χ2n) is 8.07. The lowest BCUT2D eigenvalue weighted by molar-refractivity contribution is -0.159. The number of ether oxygens (including phenoxy) is 2. The Morgan fingerprint density at radius 1 is 0.714 bits per heavy atom. The van der Waals surface area contributed by atoms with Gasteiger partial charge in [-0.1, -0.05) is 12.1 Å². The molecular weight excluding hydrogens is 586 g/mol. The van der Waals surface area contributed by atoms with E-state index in [2.05, 4.69) is 4.74 Å². The van der Waals surface area contributed by atoms with E-state index in [4.69, 9.17) is 9.15 Å². The van der Waals surface area contributed by atoms with Crippen LogP contribution in [0.3, 0.4) is 0 Å². The van der Waals surface area contributed by atoms with Gasteiger partial charge in [0.25, 0.3) is 5.91 Å². The van der Waals surface area contributed by atoms with Gasteiger partial charge >= 0.3 is 36.2 Å². The zero-order valence-electron chi connectivity index (χ0n) is 20.5. The summed E-state index contributed by atoms with van der Waals surface area (Å²) in [5.41, 5.74) is -0.784. The van der Waals surface area contributed by atoms with Crippen LogP contribution >= 0.6 is 0 Å². The molecule has 222 valence electrons. The third-order valence-corrected chi connectivity index (χ3v) is 5.14. The highest BCUT2D eigenvalue weighted by molar-refractivity contribution is 5.98. The van der Waals surface area contributed by atoms with Crippen molar-refractivity contribution in [2.75, 3.05) is 0 Å². The van der Waals surface area contributed by atoms with Crippen LogP contribution in [0, 0.1) is 0 Å². The third kappa shape index (κ3) is 7.86. The van der Waals surface area contributed by atoms with Gasteiger partial charge in [0.1, 0.15) is 0 Å². The van der Waals surface area contributed by atoms with Crippen LogP contribution in [0.1, 0.15) is 42.4 Å². The van der Waals surface area contributed by atoms with Gasteiger partial charge in [-0.05, 0) is 48.5 Å². The summed E-state index contributed by atoms with van der Waals surface area (Å²) in [6.45, 7) is 0. The number of rotatable bonds is 8. The largest absolute Gasteiger partial charge is 0.478 e. The number of carboxylic acids is 1. The minimum atomic E-state index is -4.91. The van der Waals surface area contributed by atoms with E-state index in [0.29, 0.717) is 24.3 Å². The monoisotopic (exact) mass is 602 g/mol. The van der Waals surface area contributed by atoms with Gasteiger partial charge in [0.05, 0.1) is 28.5 Å². The number of alkyl halides is 6. The molecule has 2 atom stereocenters. The average molecular weight is 602 g/mol. The number of nitrogens with one attached hydrogen (secondary N) is 2. The Kier molecular flexibility index (Phi) is 9.24. The highest BCUT2D eigenvalue weighted by atomic mass is 19.4. The molecule has 0 bridgehead atoms. The van der Waals surface area contributed by atoms with E-state index >= 15 is 0 Å². The van der Waals surface area contributed by atoms with Gasteiger partial charge in [0, 0.05) is 0 Å². The first-order valence-corrected chi connectivity index (χ1v) is 11.2. The van der Waals surface area contributed by atoms with Crippen molar-refractivity contribution in [2.24, 2.45) is 0 Å². The average Bonchev–Trinajstić information content (AvgIpc) is 3.47. The van der Waals surface area contributed by atoms with Crippen LogP contribution in [0.2, 0.25) is 0 Å². The van der Waals surface area contributed by atoms with Crippen molar-refractivity contribution in [1.82, 2.24) is 10.9 Å². The van der Waals surface area contributed by atoms with E-state index in [0.717, 1.165) is 36.6 Å². The van der Waals surface area contributed by atoms with Crippen LogP contribution in [-0.2, 0) is 31.4 Å². The molecule has 42 heavy (non-hydrogen) atoms. The maximum Gasteiger partial charge on any atom is 0.416 e. The van der Waals surface area contributed by atoms with E-state index in [1.807, 2.05) is 0 Å². The number of aliphatic carboxylic acids is 1. The van der Waals surface area contributed by atoms with Gasteiger partial charge in [0.15, 0.2) is 5.76 Å². The van der Waals surface area contributed by atoms with Gasteiger partial charge in [0.2, 0.25) is 12.2 Å². The Balaban J connectivity index is 1.92. The summed E-state index contributed by atoms with van der Waals surface area (Å²) in [7, 11) is 0. The van der Waals surface area contributed by atoms with Crippen LogP contribution in [0.15, 0.2) is 71.3 Å². The number of esters is 2. The van der Waals surface area contributed by atoms with Crippen LogP contribution in [0.4, 0.5) is 26.3 Å². The Hall–Kier alpha value is -5.35. The topological polar surface area (TPSA) is 161 Å². The summed E-state index contributed by atoms with van der Waals surface area (Å²) in [5.74, 6) is -8.67. The molecule has 0 aliphatic carbocycles. The first-order chi connectivity index (χ1) is 19.6. The number of carbonyl (C=O) groups is 5. The number of hydrogen-bond acceptors (Lipinski definition) is 8. The summed E-state index contributed by atoms with van der Waals surface area (Å²) >= 11 is 0. The highest BCUT2D eigenvalue weighted by Gasteiger charge is 2.42. The number of halogens is 6. The van der Waals surface area contributed by atoms with Gasteiger partial charge in [-0.15, -0.1) is 0 Å². The summed E-state index contributed by atoms with van der Waals surface area (Å²) in [4.78, 5) is 62.1. The lowest BCUT2D eigenvalue weighted by Gasteiger charge is -2.23. The van der Waals surface area contributed by atoms with Crippen molar-refractivity contribution >= 4 is 29.7 Å². The zero-order chi connectivity index (χ0) is 31.2. The second kappa shape index (κ2) is 12.4. The molecule has 0 spiro atoms. The lowest BCUT2D eigenvalue weighted by atomic mass is 10.1. The maximum absolute atomic E-state index is 13.1. The van der Waals surface area contributed by atoms with Crippen LogP contribution in [0.25, 0.3) is 0 Å². The Morgan fingerprint density at radius 3 is 1.64 bits per heavy atom. The molecule has 0 aliphatic rings. The van der Waals surface area contributed by atoms with Crippen LogP contribution in [-0.4, -0.2) is 47.0 Å². The lowest BCUT2D eigenvalue weighted by Crippen LogP contribution is -2.54. The van der Waals surface area contributed by atoms with Crippen LogP contribution in [0.5, 0.6) is 0 Å². The molecule has 1 heterocycles. The zero-order valence-corrected chi connectivity index (χ0v) is 20.5. The third-order valence-electron chi connectivity index (χ3n) is 5.14. The fraction of sp³-hybridized carbons (Fsp3) is 0.160. The molecule has 0 fully saturated rings. The maximum atomic E-state index is 13.1. The van der Waals surface area contributed by atoms with Crippen molar-refractivity contribution < 1.29 is 69.3 Å². The van der Waals surface area contributed by atoms with Crippen molar-refractivity contribution in [3.05, 3.63) is 94.9 Å². The molecule has 0 unspecified atom stereocenters. The second-order valence-corrected chi connectivity index (χ2v) is 8.07. The van der Waals surface area contributed by atoms with Gasteiger partial charge in [-0.2, -0.15) is 26.3 Å². The highest BCUT2D eigenvalue weighted by Crippen LogP contribution is 2.31. The molecule has 3 N–H and O–H groups in total. The molecule has 3 rings (SSSR count). The molecule has 0 radical (unpaired) electrons. The molecule has 0 saturated heterocycles. The van der Waals surface area contributed by atoms with E-state index in [-0.39, 0.29) is 5.76 Å². The predicted molar refractivity (Wildman–Crippen MR) is 123 cm³/mol. The summed E-state index contributed by atoms with van der Waals surface area (Å²) in [5, 5.41) is 9.65. The molecule has 2 amide bonds. The molecule has 3 aromatic rings. The standard InChI is InChI=1S/C25H16F6N2O9/c26-24(27,28)14-6-1-4-12(10-14)22(38)41-17(20(35)33-32-19(34)16-8-3-9-40-16)18(21(36)37)42-23(39)13-5-2-7-15(11-13)25(29,30)31/h1-11,17-18H,(H,32,34)(H,33,35)(H,36,37)/t17-,18-/m0/s1. The molecule has 11 nitrogen and oxygen atoms in total. The number of hydrazine groups is 1. The molecule has 2 aromatic carbocycles. The van der Waals surface area contributed by atoms with Crippen molar-refractivity contribution in [3.8, 4) is 0 Å². The summed E-state index contributed by atoms with van der Waals surface area (Å²) in [6.07, 6.45) is -14.2. The molecular formula is C25H16F6N2O9. The number of hydrogen-bond donors (Lipinski definition) is 3. The van der Waals surface area contributed by atoms with Crippen LogP contribution < -0.4 is 10.9 Å². The normalized spacial score (nSPS) is 12.9. The minimum absolute atomic E-state index is 0.314. The van der Waals surface area contributed by atoms with Crippen molar-refractivity contribution in [1.29, 1.82) is 0 Å². The van der Waals surface area contributed by atoms with E-state index in [9.17, 15) is 55.4 Å². The van der Waals surface area contributed by atoms with Crippen molar-refractivity contribution in [2.45, 2.75) is 24.6 Å². The fourth-order valence-corrected chi connectivity index (χ4v) is 3.17. The van der Waals surface area contributed by atoms with E-state index in [1.165, 1.54) is 6.07 Å². The number of benzene rings is 2. The minimum Gasteiger partial charge on any atom is -0.478 e. The molecule has 17 heteroatoms. The Labute approximate surface area is 230 Å². The Bertz CT molecular complexity index is 1490. The van der Waals surface area contributed by atoms with Gasteiger partial charge in [-0.3, -0.25) is 20.4 Å². The fourth-order valence-electron chi connectivity index (χ4n) is 3.17. The van der Waals surface area contributed by atoms with E-state index in [1.54, 1.807) is 10.9 Å². The molecule has 0 aliphatic heterocycles. The quantitative estimate of drug-likeness (QED) is 0.199. The smallest absolute Gasteiger partial charge is 0.416 e. The van der Waals surface area contributed by atoms with Crippen molar-refractivity contribution in [3.63, 3.8) is 0 Å². The molecule has 0 saturated carbocycles. The number of carboxylic acid groups (broad SMARTS) is 1. The number of furan rings is 1.